The van der Waals surface area contributed by atoms with Gasteiger partial charge in [-0.15, -0.1) is 6.58 Å². The molecule has 0 radical (unpaired) electrons. The van der Waals surface area contributed by atoms with Gasteiger partial charge in [-0.1, -0.05) is 19.4 Å². The first-order chi connectivity index (χ1) is 6.18. The molecule has 14 heavy (non-hydrogen) atoms. The molecule has 1 N–H and O–H groups in total. The molecule has 0 spiro atoms. The van der Waals surface area contributed by atoms with E-state index in [1.807, 2.05) is 7.05 Å². The van der Waals surface area contributed by atoms with E-state index in [9.17, 15) is 0 Å². The number of hydrogen-bond donors (Lipinski definition) is 1. The first-order valence-corrected chi connectivity index (χ1v) is 5.52. The molecule has 0 rings (SSSR count). The number of nitrogens with one attached hydrogen (secondary N) is 1. The third-order valence-corrected chi connectivity index (χ3v) is 2.88. The molecule has 0 heterocycles. The highest BCUT2D eigenvalue weighted by molar-refractivity contribution is 4.94. The van der Waals surface area contributed by atoms with E-state index in [1.165, 1.54) is 18.4 Å². The van der Waals surface area contributed by atoms with E-state index < -0.39 is 0 Å². The summed E-state index contributed by atoms with van der Waals surface area (Å²) in [5.41, 5.74) is 1.93. The van der Waals surface area contributed by atoms with Gasteiger partial charge in [-0.25, -0.2) is 0 Å². The Hall–Kier alpha value is -0.300. The molecule has 1 nitrogen and oxygen atoms in total. The number of allylic oxidation sites excluding steroid dienone is 1. The van der Waals surface area contributed by atoms with Crippen LogP contribution < -0.4 is 5.32 Å². The van der Waals surface area contributed by atoms with Crippen LogP contribution in [0.25, 0.3) is 0 Å². The van der Waals surface area contributed by atoms with E-state index >= 15 is 0 Å². The average molecular weight is 197 g/mol. The smallest absolute Gasteiger partial charge is 0.0122 e. The first-order valence-electron chi connectivity index (χ1n) is 5.52. The number of hydrogen-bond acceptors (Lipinski definition) is 1. The zero-order valence-electron chi connectivity index (χ0n) is 10.8. The lowest BCUT2D eigenvalue weighted by Gasteiger charge is -2.31. The topological polar surface area (TPSA) is 12.0 Å². The lowest BCUT2D eigenvalue weighted by Crippen LogP contribution is -2.37. The molecule has 0 aromatic rings. The highest BCUT2D eigenvalue weighted by Crippen LogP contribution is 2.31. The van der Waals surface area contributed by atoms with Crippen LogP contribution in [0.4, 0.5) is 0 Å². The van der Waals surface area contributed by atoms with Gasteiger partial charge in [0.15, 0.2) is 0 Å². The Balaban J connectivity index is 4.04. The molecule has 0 aromatic heterocycles. The van der Waals surface area contributed by atoms with Crippen molar-refractivity contribution < 1.29 is 0 Å². The van der Waals surface area contributed by atoms with Gasteiger partial charge in [0, 0.05) is 5.54 Å². The van der Waals surface area contributed by atoms with Gasteiger partial charge < -0.3 is 5.32 Å². The molecule has 0 aliphatic carbocycles. The molecule has 0 aromatic carbocycles. The van der Waals surface area contributed by atoms with Crippen molar-refractivity contribution >= 4 is 0 Å². The minimum absolute atomic E-state index is 0.256. The van der Waals surface area contributed by atoms with Crippen molar-refractivity contribution in [3.05, 3.63) is 12.2 Å². The molecule has 0 amide bonds. The van der Waals surface area contributed by atoms with Crippen molar-refractivity contribution in [2.24, 2.45) is 5.41 Å². The second-order valence-corrected chi connectivity index (χ2v) is 5.93. The molecule has 84 valence electrons. The van der Waals surface area contributed by atoms with Crippen molar-refractivity contribution in [1.82, 2.24) is 5.32 Å². The number of rotatable bonds is 6. The molecule has 0 saturated heterocycles. The molecule has 0 bridgehead atoms. The Morgan fingerprint density at radius 1 is 1.14 bits per heavy atom. The zero-order valence-corrected chi connectivity index (χ0v) is 10.8. The van der Waals surface area contributed by atoms with Crippen LogP contribution in [0.15, 0.2) is 12.2 Å². The quantitative estimate of drug-likeness (QED) is 0.639. The van der Waals surface area contributed by atoms with Crippen molar-refractivity contribution in [2.75, 3.05) is 7.05 Å². The van der Waals surface area contributed by atoms with E-state index in [1.54, 1.807) is 0 Å². The van der Waals surface area contributed by atoms with E-state index in [0.717, 1.165) is 6.42 Å². The van der Waals surface area contributed by atoms with Gasteiger partial charge in [-0.2, -0.15) is 0 Å². The van der Waals surface area contributed by atoms with Gasteiger partial charge in [0.1, 0.15) is 0 Å². The summed E-state index contributed by atoms with van der Waals surface area (Å²) in [7, 11) is 2.03. The lowest BCUT2D eigenvalue weighted by molar-refractivity contribution is 0.266. The average Bonchev–Trinajstić information content (AvgIpc) is 1.99. The first kappa shape index (κ1) is 13.7. The van der Waals surface area contributed by atoms with Crippen LogP contribution in [-0.4, -0.2) is 12.6 Å². The van der Waals surface area contributed by atoms with E-state index in [0.29, 0.717) is 5.41 Å². The molecule has 1 heteroatoms. The van der Waals surface area contributed by atoms with E-state index in [-0.39, 0.29) is 5.54 Å². The Morgan fingerprint density at radius 2 is 1.64 bits per heavy atom. The maximum Gasteiger partial charge on any atom is 0.0122 e. The molecular weight excluding hydrogens is 170 g/mol. The fourth-order valence-corrected chi connectivity index (χ4v) is 1.68. The van der Waals surface area contributed by atoms with Gasteiger partial charge in [0.25, 0.3) is 0 Å². The van der Waals surface area contributed by atoms with Crippen LogP contribution >= 0.6 is 0 Å². The van der Waals surface area contributed by atoms with Gasteiger partial charge >= 0.3 is 0 Å². The van der Waals surface area contributed by atoms with Gasteiger partial charge in [0.2, 0.25) is 0 Å². The maximum absolute atomic E-state index is 3.99. The van der Waals surface area contributed by atoms with Crippen LogP contribution in [0.5, 0.6) is 0 Å². The van der Waals surface area contributed by atoms with Crippen molar-refractivity contribution in [1.29, 1.82) is 0 Å². The SMILES string of the molecule is C=C(C)CC(C)(C)CCC(C)(C)NC. The summed E-state index contributed by atoms with van der Waals surface area (Å²) in [6.07, 6.45) is 3.59. The summed E-state index contributed by atoms with van der Waals surface area (Å²) in [6.45, 7) is 15.3. The summed E-state index contributed by atoms with van der Waals surface area (Å²) in [5.74, 6) is 0. The van der Waals surface area contributed by atoms with E-state index in [2.05, 4.69) is 46.5 Å². The molecule has 0 fully saturated rings. The largest absolute Gasteiger partial charge is 0.315 e. The Bertz CT molecular complexity index is 189. The fraction of sp³-hybridized carbons (Fsp3) is 0.846. The second kappa shape index (κ2) is 4.97. The van der Waals surface area contributed by atoms with E-state index in [4.69, 9.17) is 0 Å². The van der Waals surface area contributed by atoms with Crippen LogP contribution in [0.1, 0.15) is 53.9 Å². The Labute approximate surface area is 90.0 Å². The molecular formula is C13H27N. The molecule has 0 aliphatic rings. The molecule has 0 saturated carbocycles. The third kappa shape index (κ3) is 6.20. The minimum Gasteiger partial charge on any atom is -0.315 e. The standard InChI is InChI=1S/C13H27N/c1-11(2)10-12(3,4)8-9-13(5,6)14-7/h14H,1,8-10H2,2-7H3. The summed E-state index contributed by atoms with van der Waals surface area (Å²) >= 11 is 0. The fourth-order valence-electron chi connectivity index (χ4n) is 1.68. The summed E-state index contributed by atoms with van der Waals surface area (Å²) in [4.78, 5) is 0. The lowest BCUT2D eigenvalue weighted by atomic mass is 9.79. The van der Waals surface area contributed by atoms with Crippen LogP contribution in [0.3, 0.4) is 0 Å². The Kier molecular flexibility index (Phi) is 4.87. The van der Waals surface area contributed by atoms with Crippen LogP contribution in [0, 0.1) is 5.41 Å². The second-order valence-electron chi connectivity index (χ2n) is 5.93. The van der Waals surface area contributed by atoms with Crippen molar-refractivity contribution in [2.45, 2.75) is 59.4 Å². The van der Waals surface area contributed by atoms with Crippen LogP contribution in [-0.2, 0) is 0 Å². The Morgan fingerprint density at radius 3 is 2.00 bits per heavy atom. The summed E-state index contributed by atoms with van der Waals surface area (Å²) < 4.78 is 0. The predicted molar refractivity (Wildman–Crippen MR) is 65.6 cm³/mol. The van der Waals surface area contributed by atoms with Crippen molar-refractivity contribution in [3.63, 3.8) is 0 Å². The highest BCUT2D eigenvalue weighted by Gasteiger charge is 2.22. The van der Waals surface area contributed by atoms with Gasteiger partial charge in [-0.3, -0.25) is 0 Å². The van der Waals surface area contributed by atoms with Gasteiger partial charge in [-0.05, 0) is 52.5 Å². The summed E-state index contributed by atoms with van der Waals surface area (Å²) in [6, 6.07) is 0. The zero-order chi connectivity index (χ0) is 11.4. The maximum atomic E-state index is 3.99. The minimum atomic E-state index is 0.256. The summed E-state index contributed by atoms with van der Waals surface area (Å²) in [5, 5.41) is 3.34. The monoisotopic (exact) mass is 197 g/mol. The predicted octanol–water partition coefficient (Wildman–Crippen LogP) is 3.76. The molecule has 0 aliphatic heterocycles. The highest BCUT2D eigenvalue weighted by atomic mass is 14.9. The van der Waals surface area contributed by atoms with Crippen LogP contribution in [0.2, 0.25) is 0 Å². The molecule has 0 atom stereocenters. The van der Waals surface area contributed by atoms with Crippen molar-refractivity contribution in [3.8, 4) is 0 Å². The molecule has 0 unspecified atom stereocenters. The normalized spacial score (nSPS) is 13.0. The van der Waals surface area contributed by atoms with Gasteiger partial charge in [0.05, 0.1) is 0 Å². The third-order valence-electron chi connectivity index (χ3n) is 2.88.